The Hall–Kier alpha value is -0.910. The normalized spacial score (nSPS) is 12.1. The third-order valence-corrected chi connectivity index (χ3v) is 3.43. The highest BCUT2D eigenvalue weighted by atomic mass is 32.2. The first-order valence-electron chi connectivity index (χ1n) is 5.53. The van der Waals surface area contributed by atoms with Gasteiger partial charge in [0.25, 0.3) is 0 Å². The van der Waals surface area contributed by atoms with Gasteiger partial charge in [-0.25, -0.2) is 0 Å². The topological polar surface area (TPSA) is 20.2 Å². The van der Waals surface area contributed by atoms with Gasteiger partial charge < -0.3 is 5.11 Å². The van der Waals surface area contributed by atoms with Gasteiger partial charge in [-0.2, -0.15) is 0 Å². The fraction of sp³-hybridized carbons (Fsp3) is 0.429. The van der Waals surface area contributed by atoms with Crippen molar-refractivity contribution in [2.24, 2.45) is 0 Å². The van der Waals surface area contributed by atoms with Gasteiger partial charge in [0.05, 0.1) is 6.10 Å². The number of aliphatic hydroxyl groups is 1. The van der Waals surface area contributed by atoms with Crippen molar-refractivity contribution in [3.8, 4) is 12.3 Å². The van der Waals surface area contributed by atoms with Crippen molar-refractivity contribution in [3.05, 3.63) is 29.8 Å². The molecule has 0 fully saturated rings. The zero-order chi connectivity index (χ0) is 11.8. The SMILES string of the molecule is C#CCCCC(O)CSc1cccc(C)c1. The van der Waals surface area contributed by atoms with Crippen LogP contribution in [0.15, 0.2) is 29.2 Å². The number of terminal acetylenes is 1. The Bertz CT molecular complexity index is 354. The summed E-state index contributed by atoms with van der Waals surface area (Å²) < 4.78 is 0. The van der Waals surface area contributed by atoms with E-state index in [-0.39, 0.29) is 6.10 Å². The van der Waals surface area contributed by atoms with Crippen LogP contribution in [-0.4, -0.2) is 17.0 Å². The zero-order valence-electron chi connectivity index (χ0n) is 9.65. The molecule has 0 saturated carbocycles. The van der Waals surface area contributed by atoms with Gasteiger partial charge >= 0.3 is 0 Å². The molecule has 86 valence electrons. The van der Waals surface area contributed by atoms with Crippen LogP contribution in [0.25, 0.3) is 0 Å². The van der Waals surface area contributed by atoms with E-state index >= 15 is 0 Å². The van der Waals surface area contributed by atoms with Crippen LogP contribution in [0.4, 0.5) is 0 Å². The molecule has 2 heteroatoms. The number of thioether (sulfide) groups is 1. The van der Waals surface area contributed by atoms with E-state index in [0.29, 0.717) is 0 Å². The quantitative estimate of drug-likeness (QED) is 0.463. The molecular formula is C14H18OS. The maximum Gasteiger partial charge on any atom is 0.0634 e. The summed E-state index contributed by atoms with van der Waals surface area (Å²) in [5.41, 5.74) is 1.26. The van der Waals surface area contributed by atoms with Gasteiger partial charge in [-0.05, 0) is 31.9 Å². The van der Waals surface area contributed by atoms with Crippen molar-refractivity contribution in [2.45, 2.75) is 37.2 Å². The highest BCUT2D eigenvalue weighted by molar-refractivity contribution is 7.99. The summed E-state index contributed by atoms with van der Waals surface area (Å²) in [5.74, 6) is 3.33. The molecule has 0 heterocycles. The van der Waals surface area contributed by atoms with Crippen LogP contribution in [0.5, 0.6) is 0 Å². The van der Waals surface area contributed by atoms with Gasteiger partial charge in [-0.3, -0.25) is 0 Å². The highest BCUT2D eigenvalue weighted by Gasteiger charge is 2.04. The average molecular weight is 234 g/mol. The van der Waals surface area contributed by atoms with E-state index in [1.165, 1.54) is 10.5 Å². The van der Waals surface area contributed by atoms with Crippen molar-refractivity contribution >= 4 is 11.8 Å². The molecule has 0 saturated heterocycles. The third kappa shape index (κ3) is 5.25. The summed E-state index contributed by atoms with van der Waals surface area (Å²) in [6, 6.07) is 8.33. The van der Waals surface area contributed by atoms with E-state index < -0.39 is 0 Å². The Kier molecular flexibility index (Phi) is 6.07. The molecule has 0 spiro atoms. The summed E-state index contributed by atoms with van der Waals surface area (Å²) >= 11 is 1.70. The molecule has 1 unspecified atom stereocenters. The number of benzene rings is 1. The maximum atomic E-state index is 9.72. The Balaban J connectivity index is 2.26. The van der Waals surface area contributed by atoms with Crippen molar-refractivity contribution < 1.29 is 5.11 Å². The molecule has 1 rings (SSSR count). The lowest BCUT2D eigenvalue weighted by Crippen LogP contribution is -2.09. The second-order valence-corrected chi connectivity index (χ2v) is 4.97. The number of unbranched alkanes of at least 4 members (excludes halogenated alkanes) is 1. The van der Waals surface area contributed by atoms with Crippen LogP contribution in [0, 0.1) is 19.3 Å². The lowest BCUT2D eigenvalue weighted by atomic mass is 10.2. The van der Waals surface area contributed by atoms with Crippen LogP contribution in [-0.2, 0) is 0 Å². The first-order chi connectivity index (χ1) is 7.72. The standard InChI is InChI=1S/C14H18OS/c1-3-4-5-8-13(15)11-16-14-9-6-7-12(2)10-14/h1,6-7,9-10,13,15H,4-5,8,11H2,2H3. The molecule has 0 aliphatic rings. The Labute approximate surface area is 102 Å². The van der Waals surface area contributed by atoms with E-state index in [4.69, 9.17) is 6.42 Å². The van der Waals surface area contributed by atoms with Gasteiger partial charge in [0.15, 0.2) is 0 Å². The van der Waals surface area contributed by atoms with E-state index in [0.717, 1.165) is 25.0 Å². The van der Waals surface area contributed by atoms with Crippen molar-refractivity contribution in [1.29, 1.82) is 0 Å². The van der Waals surface area contributed by atoms with Gasteiger partial charge in [0.2, 0.25) is 0 Å². The van der Waals surface area contributed by atoms with Gasteiger partial charge in [0, 0.05) is 17.1 Å². The van der Waals surface area contributed by atoms with Gasteiger partial charge in [-0.1, -0.05) is 17.7 Å². The second kappa shape index (κ2) is 7.38. The Morgan fingerprint density at radius 3 is 3.00 bits per heavy atom. The minimum absolute atomic E-state index is 0.251. The number of aryl methyl sites for hydroxylation is 1. The largest absolute Gasteiger partial charge is 0.392 e. The smallest absolute Gasteiger partial charge is 0.0634 e. The third-order valence-electron chi connectivity index (χ3n) is 2.29. The van der Waals surface area contributed by atoms with Crippen LogP contribution in [0.2, 0.25) is 0 Å². The van der Waals surface area contributed by atoms with Gasteiger partial charge in [-0.15, -0.1) is 24.1 Å². The number of rotatable bonds is 6. The molecule has 0 radical (unpaired) electrons. The van der Waals surface area contributed by atoms with Crippen molar-refractivity contribution in [1.82, 2.24) is 0 Å². The Morgan fingerprint density at radius 1 is 1.50 bits per heavy atom. The first kappa shape index (κ1) is 13.2. The molecule has 1 aromatic carbocycles. The number of aliphatic hydroxyl groups excluding tert-OH is 1. The summed E-state index contributed by atoms with van der Waals surface area (Å²) in [6.07, 6.45) is 7.37. The van der Waals surface area contributed by atoms with Crippen LogP contribution >= 0.6 is 11.8 Å². The van der Waals surface area contributed by atoms with Crippen molar-refractivity contribution in [3.63, 3.8) is 0 Å². The van der Waals surface area contributed by atoms with Crippen LogP contribution in [0.1, 0.15) is 24.8 Å². The molecule has 0 aliphatic carbocycles. The lowest BCUT2D eigenvalue weighted by molar-refractivity contribution is 0.187. The summed E-state index contributed by atoms with van der Waals surface area (Å²) in [7, 11) is 0. The first-order valence-corrected chi connectivity index (χ1v) is 6.52. The molecule has 16 heavy (non-hydrogen) atoms. The zero-order valence-corrected chi connectivity index (χ0v) is 10.5. The van der Waals surface area contributed by atoms with Crippen LogP contribution in [0.3, 0.4) is 0 Å². The monoisotopic (exact) mass is 234 g/mol. The minimum atomic E-state index is -0.251. The van der Waals surface area contributed by atoms with E-state index in [1.807, 2.05) is 6.07 Å². The molecule has 0 aliphatic heterocycles. The predicted octanol–water partition coefficient (Wildman–Crippen LogP) is 3.25. The second-order valence-electron chi connectivity index (χ2n) is 3.88. The molecule has 1 aromatic rings. The molecular weight excluding hydrogens is 216 g/mol. The summed E-state index contributed by atoms with van der Waals surface area (Å²) in [4.78, 5) is 1.22. The van der Waals surface area contributed by atoms with E-state index in [2.05, 4.69) is 31.0 Å². The fourth-order valence-electron chi connectivity index (χ4n) is 1.42. The van der Waals surface area contributed by atoms with Crippen LogP contribution < -0.4 is 0 Å². The molecule has 1 atom stereocenters. The molecule has 0 amide bonds. The predicted molar refractivity (Wildman–Crippen MR) is 70.6 cm³/mol. The Morgan fingerprint density at radius 2 is 2.31 bits per heavy atom. The van der Waals surface area contributed by atoms with Crippen molar-refractivity contribution in [2.75, 3.05) is 5.75 Å². The molecule has 1 nitrogen and oxygen atoms in total. The molecule has 0 aromatic heterocycles. The maximum absolute atomic E-state index is 9.72. The molecule has 0 bridgehead atoms. The number of hydrogen-bond acceptors (Lipinski definition) is 2. The lowest BCUT2D eigenvalue weighted by Gasteiger charge is -2.09. The van der Waals surface area contributed by atoms with Gasteiger partial charge in [0.1, 0.15) is 0 Å². The number of hydrogen-bond donors (Lipinski definition) is 1. The van der Waals surface area contributed by atoms with E-state index in [9.17, 15) is 5.11 Å². The molecule has 1 N–H and O–H groups in total. The fourth-order valence-corrected chi connectivity index (χ4v) is 2.42. The highest BCUT2D eigenvalue weighted by Crippen LogP contribution is 2.20. The summed E-state index contributed by atoms with van der Waals surface area (Å²) in [5, 5.41) is 9.72. The summed E-state index contributed by atoms with van der Waals surface area (Å²) in [6.45, 7) is 2.08. The average Bonchev–Trinajstić information content (AvgIpc) is 2.27. The minimum Gasteiger partial charge on any atom is -0.392 e. The van der Waals surface area contributed by atoms with E-state index in [1.54, 1.807) is 11.8 Å².